The lowest BCUT2D eigenvalue weighted by Crippen LogP contribution is -2.38. The molecular weight excluding hydrogens is 264 g/mol. The summed E-state index contributed by atoms with van der Waals surface area (Å²) in [5, 5.41) is 0.537. The number of nitrogens with zero attached hydrogens (tertiary/aromatic N) is 2. The van der Waals surface area contributed by atoms with E-state index in [-0.39, 0.29) is 17.9 Å². The minimum Gasteiger partial charge on any atom is -0.487 e. The van der Waals surface area contributed by atoms with Crippen molar-refractivity contribution in [2.45, 2.75) is 25.5 Å². The number of imidazole rings is 1. The van der Waals surface area contributed by atoms with Crippen molar-refractivity contribution in [1.29, 1.82) is 0 Å². The van der Waals surface area contributed by atoms with Crippen LogP contribution in [0.4, 0.5) is 0 Å². The van der Waals surface area contributed by atoms with Crippen molar-refractivity contribution in [2.24, 2.45) is 0 Å². The summed E-state index contributed by atoms with van der Waals surface area (Å²) >= 11 is 5.96. The summed E-state index contributed by atoms with van der Waals surface area (Å²) in [4.78, 5) is 16.7. The smallest absolute Gasteiger partial charge is 0.193 e. The van der Waals surface area contributed by atoms with Gasteiger partial charge in [0.25, 0.3) is 0 Å². The molecule has 1 aliphatic heterocycles. The number of carbonyl (C=O) groups is 1. The van der Waals surface area contributed by atoms with Crippen molar-refractivity contribution in [3.05, 3.63) is 47.5 Å². The van der Waals surface area contributed by atoms with Crippen LogP contribution in [0.15, 0.2) is 36.9 Å². The number of hydrogen-bond donors (Lipinski definition) is 0. The molecule has 0 aliphatic carbocycles. The standard InChI is InChI=1S/C14H13ClN2O2/c1-2-11-13(17-6-5-16-8-17)14(18)10-7-9(15)3-4-12(10)19-11/h3-8,11,13H,2H2,1H3. The number of hydrogen-bond acceptors (Lipinski definition) is 3. The number of fused-ring (bicyclic) bond motifs is 1. The van der Waals surface area contributed by atoms with Crippen molar-refractivity contribution >= 4 is 17.4 Å². The highest BCUT2D eigenvalue weighted by molar-refractivity contribution is 6.31. The normalized spacial score (nSPS) is 21.9. The van der Waals surface area contributed by atoms with E-state index in [1.807, 2.05) is 6.92 Å². The van der Waals surface area contributed by atoms with Crippen LogP contribution in [0.1, 0.15) is 29.7 Å². The molecule has 0 saturated heterocycles. The second-order valence-electron chi connectivity index (χ2n) is 4.52. The SMILES string of the molecule is CCC1Oc2ccc(Cl)cc2C(=O)C1n1ccnc1. The lowest BCUT2D eigenvalue weighted by Gasteiger charge is -2.32. The van der Waals surface area contributed by atoms with Crippen molar-refractivity contribution in [1.82, 2.24) is 9.55 Å². The quantitative estimate of drug-likeness (QED) is 0.846. The molecule has 1 aliphatic rings. The highest BCUT2D eigenvalue weighted by atomic mass is 35.5. The van der Waals surface area contributed by atoms with Gasteiger partial charge in [0.1, 0.15) is 17.9 Å². The third-order valence-electron chi connectivity index (χ3n) is 3.35. The summed E-state index contributed by atoms with van der Waals surface area (Å²) in [6, 6.07) is 4.77. The third-order valence-corrected chi connectivity index (χ3v) is 3.59. The van der Waals surface area contributed by atoms with Gasteiger partial charge >= 0.3 is 0 Å². The summed E-state index contributed by atoms with van der Waals surface area (Å²) in [7, 11) is 0. The molecule has 4 nitrogen and oxygen atoms in total. The molecule has 98 valence electrons. The van der Waals surface area contributed by atoms with E-state index in [0.717, 1.165) is 6.42 Å². The number of ketones is 1. The minimum atomic E-state index is -0.376. The van der Waals surface area contributed by atoms with E-state index in [9.17, 15) is 4.79 Å². The lowest BCUT2D eigenvalue weighted by atomic mass is 9.94. The molecule has 1 aromatic carbocycles. The molecule has 0 bridgehead atoms. The fourth-order valence-corrected chi connectivity index (χ4v) is 2.59. The van der Waals surface area contributed by atoms with Crippen LogP contribution in [0.25, 0.3) is 0 Å². The maximum absolute atomic E-state index is 12.6. The van der Waals surface area contributed by atoms with E-state index < -0.39 is 0 Å². The molecule has 0 N–H and O–H groups in total. The van der Waals surface area contributed by atoms with Crippen LogP contribution >= 0.6 is 11.6 Å². The minimum absolute atomic E-state index is 0.0219. The van der Waals surface area contributed by atoms with Crippen LogP contribution in [-0.4, -0.2) is 21.4 Å². The first kappa shape index (κ1) is 12.2. The first-order valence-electron chi connectivity index (χ1n) is 6.18. The Bertz CT molecular complexity index is 610. The molecule has 19 heavy (non-hydrogen) atoms. The number of benzene rings is 1. The maximum atomic E-state index is 12.6. The maximum Gasteiger partial charge on any atom is 0.193 e. The Morgan fingerprint density at radius 3 is 3.00 bits per heavy atom. The molecule has 2 aromatic rings. The van der Waals surface area contributed by atoms with E-state index in [1.54, 1.807) is 41.5 Å². The topological polar surface area (TPSA) is 44.1 Å². The van der Waals surface area contributed by atoms with E-state index in [0.29, 0.717) is 16.3 Å². The number of Topliss-reactive ketones (excluding diaryl/α,β-unsaturated/α-hetero) is 1. The van der Waals surface area contributed by atoms with E-state index >= 15 is 0 Å². The average Bonchev–Trinajstić information content (AvgIpc) is 2.93. The van der Waals surface area contributed by atoms with Gasteiger partial charge in [0, 0.05) is 17.4 Å². The van der Waals surface area contributed by atoms with Crippen LogP contribution in [0.3, 0.4) is 0 Å². The van der Waals surface area contributed by atoms with Crippen LogP contribution in [-0.2, 0) is 0 Å². The monoisotopic (exact) mass is 276 g/mol. The Kier molecular flexibility index (Phi) is 3.03. The zero-order valence-corrected chi connectivity index (χ0v) is 11.2. The second kappa shape index (κ2) is 4.70. The Balaban J connectivity index is 2.09. The van der Waals surface area contributed by atoms with Gasteiger partial charge in [-0.2, -0.15) is 0 Å². The summed E-state index contributed by atoms with van der Waals surface area (Å²) in [6.07, 6.45) is 5.65. The van der Waals surface area contributed by atoms with Gasteiger partial charge in [-0.3, -0.25) is 4.79 Å². The number of halogens is 1. The number of ether oxygens (including phenoxy) is 1. The summed E-state index contributed by atoms with van der Waals surface area (Å²) in [5.74, 6) is 0.631. The zero-order chi connectivity index (χ0) is 13.4. The van der Waals surface area contributed by atoms with Crippen LogP contribution < -0.4 is 4.74 Å². The predicted octanol–water partition coefficient (Wildman–Crippen LogP) is 3.13. The van der Waals surface area contributed by atoms with Gasteiger partial charge in [-0.25, -0.2) is 4.98 Å². The molecule has 2 unspecified atom stereocenters. The Hall–Kier alpha value is -1.81. The van der Waals surface area contributed by atoms with Crippen molar-refractivity contribution in [3.8, 4) is 5.75 Å². The number of carbonyl (C=O) groups excluding carboxylic acids is 1. The molecule has 0 spiro atoms. The van der Waals surface area contributed by atoms with Gasteiger partial charge in [0.15, 0.2) is 5.78 Å². The highest BCUT2D eigenvalue weighted by Crippen LogP contribution is 2.36. The van der Waals surface area contributed by atoms with Gasteiger partial charge in [-0.05, 0) is 24.6 Å². The molecule has 0 amide bonds. The van der Waals surface area contributed by atoms with Crippen molar-refractivity contribution < 1.29 is 9.53 Å². The molecule has 3 rings (SSSR count). The van der Waals surface area contributed by atoms with Crippen molar-refractivity contribution in [3.63, 3.8) is 0 Å². The first-order valence-corrected chi connectivity index (χ1v) is 6.56. The lowest BCUT2D eigenvalue weighted by molar-refractivity contribution is 0.0670. The van der Waals surface area contributed by atoms with Gasteiger partial charge in [0.05, 0.1) is 11.9 Å². The first-order chi connectivity index (χ1) is 9.20. The summed E-state index contributed by atoms with van der Waals surface area (Å²) < 4.78 is 7.71. The number of rotatable bonds is 2. The number of aromatic nitrogens is 2. The molecule has 2 atom stereocenters. The largest absolute Gasteiger partial charge is 0.487 e. The molecule has 0 fully saturated rings. The fourth-order valence-electron chi connectivity index (χ4n) is 2.42. The van der Waals surface area contributed by atoms with Gasteiger partial charge in [0.2, 0.25) is 0 Å². The van der Waals surface area contributed by atoms with Gasteiger partial charge in [-0.1, -0.05) is 18.5 Å². The average molecular weight is 277 g/mol. The molecule has 0 radical (unpaired) electrons. The molecular formula is C14H13ClN2O2. The molecule has 0 saturated carbocycles. The third kappa shape index (κ3) is 2.02. The van der Waals surface area contributed by atoms with E-state index in [2.05, 4.69) is 4.98 Å². The molecule has 5 heteroatoms. The predicted molar refractivity (Wildman–Crippen MR) is 71.8 cm³/mol. The Morgan fingerprint density at radius 1 is 1.47 bits per heavy atom. The van der Waals surface area contributed by atoms with Crippen LogP contribution in [0.5, 0.6) is 5.75 Å². The van der Waals surface area contributed by atoms with Crippen LogP contribution in [0.2, 0.25) is 5.02 Å². The van der Waals surface area contributed by atoms with Gasteiger partial charge < -0.3 is 9.30 Å². The highest BCUT2D eigenvalue weighted by Gasteiger charge is 2.37. The Morgan fingerprint density at radius 2 is 2.32 bits per heavy atom. The zero-order valence-electron chi connectivity index (χ0n) is 10.4. The van der Waals surface area contributed by atoms with E-state index in [4.69, 9.17) is 16.3 Å². The molecule has 1 aromatic heterocycles. The van der Waals surface area contributed by atoms with Gasteiger partial charge in [-0.15, -0.1) is 0 Å². The van der Waals surface area contributed by atoms with Crippen molar-refractivity contribution in [2.75, 3.05) is 0 Å². The van der Waals surface area contributed by atoms with E-state index in [1.165, 1.54) is 0 Å². The van der Waals surface area contributed by atoms with Crippen LogP contribution in [0, 0.1) is 0 Å². The fraction of sp³-hybridized carbons (Fsp3) is 0.286. The summed E-state index contributed by atoms with van der Waals surface area (Å²) in [5.41, 5.74) is 0.538. The second-order valence-corrected chi connectivity index (χ2v) is 4.96. The summed E-state index contributed by atoms with van der Waals surface area (Å²) in [6.45, 7) is 2.00. The Labute approximate surface area is 116 Å². The molecule has 2 heterocycles.